The Morgan fingerprint density at radius 3 is 3.11 bits per heavy atom. The molecular weight excluding hydrogens is 242 g/mol. The Morgan fingerprint density at radius 1 is 1.42 bits per heavy atom. The summed E-state index contributed by atoms with van der Waals surface area (Å²) >= 11 is 0. The highest BCUT2D eigenvalue weighted by atomic mass is 16.4. The number of carbonyl (C=O) groups is 1. The highest BCUT2D eigenvalue weighted by Gasteiger charge is 2.25. The van der Waals surface area contributed by atoms with Crippen LogP contribution in [0.3, 0.4) is 0 Å². The van der Waals surface area contributed by atoms with Gasteiger partial charge in [-0.05, 0) is 18.4 Å². The molecule has 2 aromatic rings. The summed E-state index contributed by atoms with van der Waals surface area (Å²) in [5, 5.41) is 18.1. The Hall–Kier alpha value is -2.17. The summed E-state index contributed by atoms with van der Waals surface area (Å²) in [4.78, 5) is 13.0. The molecule has 0 radical (unpaired) electrons. The maximum Gasteiger partial charge on any atom is 0.303 e. The minimum absolute atomic E-state index is 0.226. The van der Waals surface area contributed by atoms with Crippen LogP contribution in [0.4, 0.5) is 5.69 Å². The van der Waals surface area contributed by atoms with E-state index in [4.69, 9.17) is 5.11 Å². The van der Waals surface area contributed by atoms with Gasteiger partial charge < -0.3 is 10.0 Å². The first-order valence-corrected chi connectivity index (χ1v) is 6.41. The first-order valence-electron chi connectivity index (χ1n) is 6.41. The van der Waals surface area contributed by atoms with Gasteiger partial charge in [0.25, 0.3) is 0 Å². The predicted octanol–water partition coefficient (Wildman–Crippen LogP) is 1.93. The molecule has 0 saturated carbocycles. The molecule has 19 heavy (non-hydrogen) atoms. The summed E-state index contributed by atoms with van der Waals surface area (Å²) in [6.07, 6.45) is 2.93. The van der Waals surface area contributed by atoms with Crippen LogP contribution in [0.25, 0.3) is 10.9 Å². The van der Waals surface area contributed by atoms with Gasteiger partial charge in [-0.2, -0.15) is 10.2 Å². The molecule has 1 saturated heterocycles. The van der Waals surface area contributed by atoms with Gasteiger partial charge >= 0.3 is 5.97 Å². The summed E-state index contributed by atoms with van der Waals surface area (Å²) in [5.41, 5.74) is 1.93. The Labute approximate surface area is 110 Å². The van der Waals surface area contributed by atoms with E-state index in [0.29, 0.717) is 0 Å². The van der Waals surface area contributed by atoms with Gasteiger partial charge in [0, 0.05) is 24.9 Å². The number of benzene rings is 1. The summed E-state index contributed by atoms with van der Waals surface area (Å²) in [5.74, 6) is -0.492. The zero-order valence-electron chi connectivity index (χ0n) is 10.5. The zero-order chi connectivity index (χ0) is 13.2. The van der Waals surface area contributed by atoms with Crippen LogP contribution in [-0.4, -0.2) is 34.4 Å². The highest BCUT2D eigenvalue weighted by molar-refractivity contribution is 5.90. The lowest BCUT2D eigenvalue weighted by atomic mass is 10.1. The number of aromatic nitrogens is 2. The maximum absolute atomic E-state index is 10.8. The molecule has 2 heterocycles. The molecule has 1 aliphatic heterocycles. The van der Waals surface area contributed by atoms with Gasteiger partial charge in [0.15, 0.2) is 0 Å². The van der Waals surface area contributed by atoms with E-state index in [1.807, 2.05) is 24.3 Å². The van der Waals surface area contributed by atoms with Gasteiger partial charge in [0.05, 0.1) is 17.4 Å². The van der Waals surface area contributed by atoms with Crippen LogP contribution < -0.4 is 4.90 Å². The van der Waals surface area contributed by atoms with E-state index in [9.17, 15) is 4.79 Å². The van der Waals surface area contributed by atoms with E-state index in [0.717, 1.165) is 36.1 Å². The van der Waals surface area contributed by atoms with Crippen molar-refractivity contribution in [3.05, 3.63) is 30.5 Å². The predicted molar refractivity (Wildman–Crippen MR) is 72.1 cm³/mol. The number of hydrogen-bond acceptors (Lipinski definition) is 4. The second-order valence-corrected chi connectivity index (χ2v) is 4.95. The van der Waals surface area contributed by atoms with E-state index in [1.54, 1.807) is 6.20 Å². The third-order valence-corrected chi connectivity index (χ3v) is 3.62. The molecule has 1 unspecified atom stereocenters. The molecule has 98 valence electrons. The molecule has 0 aliphatic carbocycles. The van der Waals surface area contributed by atoms with Crippen LogP contribution in [-0.2, 0) is 4.79 Å². The van der Waals surface area contributed by atoms with E-state index in [2.05, 4.69) is 15.1 Å². The molecule has 5 heteroatoms. The van der Waals surface area contributed by atoms with Crippen LogP contribution in [0.1, 0.15) is 12.8 Å². The molecule has 1 aromatic carbocycles. The summed E-state index contributed by atoms with van der Waals surface area (Å²) in [6.45, 7) is 1.66. The number of anilines is 1. The number of nitrogens with zero attached hydrogens (tertiary/aromatic N) is 3. The number of carboxylic acids is 1. The normalized spacial score (nSPS) is 18.9. The SMILES string of the molecule is O=C(O)CC1CCN(c2cnnc3ccccc23)C1. The summed E-state index contributed by atoms with van der Waals surface area (Å²) in [6, 6.07) is 7.90. The molecule has 1 aromatic heterocycles. The Bertz CT molecular complexity index is 609. The molecule has 0 spiro atoms. The molecule has 0 bridgehead atoms. The fraction of sp³-hybridized carbons (Fsp3) is 0.357. The van der Waals surface area contributed by atoms with Gasteiger partial charge in [-0.25, -0.2) is 0 Å². The van der Waals surface area contributed by atoms with Crippen molar-refractivity contribution >= 4 is 22.6 Å². The van der Waals surface area contributed by atoms with E-state index in [-0.39, 0.29) is 12.3 Å². The van der Waals surface area contributed by atoms with Crippen LogP contribution >= 0.6 is 0 Å². The molecular formula is C14H15N3O2. The largest absolute Gasteiger partial charge is 0.481 e. The van der Waals surface area contributed by atoms with Gasteiger partial charge in [0.1, 0.15) is 0 Å². The molecule has 1 N–H and O–H groups in total. The number of rotatable bonds is 3. The third-order valence-electron chi connectivity index (χ3n) is 3.62. The van der Waals surface area contributed by atoms with Gasteiger partial charge in [-0.3, -0.25) is 4.79 Å². The van der Waals surface area contributed by atoms with Crippen LogP contribution in [0.5, 0.6) is 0 Å². The lowest BCUT2D eigenvalue weighted by molar-refractivity contribution is -0.137. The zero-order valence-corrected chi connectivity index (χ0v) is 10.5. The molecule has 5 nitrogen and oxygen atoms in total. The van der Waals surface area contributed by atoms with Crippen molar-refractivity contribution in [2.45, 2.75) is 12.8 Å². The molecule has 1 fully saturated rings. The van der Waals surface area contributed by atoms with Crippen molar-refractivity contribution in [2.75, 3.05) is 18.0 Å². The number of fused-ring (bicyclic) bond motifs is 1. The first kappa shape index (κ1) is 11.9. The molecule has 1 atom stereocenters. The maximum atomic E-state index is 10.8. The lowest BCUT2D eigenvalue weighted by Crippen LogP contribution is -2.21. The summed E-state index contributed by atoms with van der Waals surface area (Å²) in [7, 11) is 0. The topological polar surface area (TPSA) is 66.3 Å². The quantitative estimate of drug-likeness (QED) is 0.910. The van der Waals surface area contributed by atoms with Crippen molar-refractivity contribution in [3.8, 4) is 0 Å². The van der Waals surface area contributed by atoms with Crippen LogP contribution in [0, 0.1) is 5.92 Å². The monoisotopic (exact) mass is 257 g/mol. The Morgan fingerprint density at radius 2 is 2.26 bits per heavy atom. The second kappa shape index (κ2) is 4.84. The first-order chi connectivity index (χ1) is 9.24. The van der Waals surface area contributed by atoms with E-state index < -0.39 is 5.97 Å². The lowest BCUT2D eigenvalue weighted by Gasteiger charge is -2.19. The molecule has 1 aliphatic rings. The number of carboxylic acid groups (broad SMARTS) is 1. The highest BCUT2D eigenvalue weighted by Crippen LogP contribution is 2.30. The number of hydrogen-bond donors (Lipinski definition) is 1. The number of aliphatic carboxylic acids is 1. The van der Waals surface area contributed by atoms with E-state index in [1.165, 1.54) is 0 Å². The fourth-order valence-electron chi connectivity index (χ4n) is 2.71. The van der Waals surface area contributed by atoms with Crippen molar-refractivity contribution in [1.82, 2.24) is 10.2 Å². The smallest absolute Gasteiger partial charge is 0.303 e. The molecule has 0 amide bonds. The van der Waals surface area contributed by atoms with Crippen molar-refractivity contribution < 1.29 is 9.90 Å². The van der Waals surface area contributed by atoms with E-state index >= 15 is 0 Å². The summed E-state index contributed by atoms with van der Waals surface area (Å²) < 4.78 is 0. The standard InChI is InChI=1S/C14H15N3O2/c18-14(19)7-10-5-6-17(9-10)13-8-15-16-12-4-2-1-3-11(12)13/h1-4,8,10H,5-7,9H2,(H,18,19). The average molecular weight is 257 g/mol. The van der Waals surface area contributed by atoms with Crippen LogP contribution in [0.2, 0.25) is 0 Å². The van der Waals surface area contributed by atoms with Crippen molar-refractivity contribution in [1.29, 1.82) is 0 Å². The second-order valence-electron chi connectivity index (χ2n) is 4.95. The average Bonchev–Trinajstić information content (AvgIpc) is 2.85. The van der Waals surface area contributed by atoms with Crippen molar-refractivity contribution in [2.24, 2.45) is 5.92 Å². The fourth-order valence-corrected chi connectivity index (χ4v) is 2.71. The van der Waals surface area contributed by atoms with Gasteiger partial charge in [0.2, 0.25) is 0 Å². The van der Waals surface area contributed by atoms with Gasteiger partial charge in [-0.1, -0.05) is 18.2 Å². The molecule has 3 rings (SSSR count). The minimum Gasteiger partial charge on any atom is -0.481 e. The van der Waals surface area contributed by atoms with Gasteiger partial charge in [-0.15, -0.1) is 0 Å². The minimum atomic E-state index is -0.718. The van der Waals surface area contributed by atoms with Crippen molar-refractivity contribution in [3.63, 3.8) is 0 Å². The van der Waals surface area contributed by atoms with Crippen LogP contribution in [0.15, 0.2) is 30.5 Å². The third kappa shape index (κ3) is 2.36. The Balaban J connectivity index is 1.87. The Kier molecular flexibility index (Phi) is 3.03.